The summed E-state index contributed by atoms with van der Waals surface area (Å²) in [6, 6.07) is 1.47. The first kappa shape index (κ1) is 12.4. The fraction of sp³-hybridized carbons (Fsp3) is 0.750. The number of fused-ring (bicyclic) bond motifs is 2. The van der Waals surface area contributed by atoms with Gasteiger partial charge in [-0.1, -0.05) is 0 Å². The summed E-state index contributed by atoms with van der Waals surface area (Å²) in [6.45, 7) is 0. The minimum Gasteiger partial charge on any atom is -0.349 e. The standard InChI is InChI=1S/C12H19N5O2/c1-15-7-11(17(18)19)12(14-15)16(2)10-5-8-3-4-9(6-10)13-8/h7-10,13H,3-6H2,1-2H3. The predicted molar refractivity (Wildman–Crippen MR) is 71.2 cm³/mol. The normalized spacial score (nSPS) is 29.5. The Morgan fingerprint density at radius 1 is 1.47 bits per heavy atom. The summed E-state index contributed by atoms with van der Waals surface area (Å²) in [5.41, 5.74) is 0.0934. The molecule has 2 aliphatic heterocycles. The van der Waals surface area contributed by atoms with E-state index in [2.05, 4.69) is 10.4 Å². The Morgan fingerprint density at radius 2 is 2.11 bits per heavy atom. The Balaban J connectivity index is 1.83. The summed E-state index contributed by atoms with van der Waals surface area (Å²) < 4.78 is 1.51. The average molecular weight is 265 g/mol. The third-order valence-electron chi connectivity index (χ3n) is 4.32. The van der Waals surface area contributed by atoms with Crippen molar-refractivity contribution >= 4 is 11.5 Å². The lowest BCUT2D eigenvalue weighted by Crippen LogP contribution is -2.47. The van der Waals surface area contributed by atoms with Gasteiger partial charge in [0.25, 0.3) is 0 Å². The smallest absolute Gasteiger partial charge is 0.330 e. The molecule has 2 aliphatic rings. The first-order valence-corrected chi connectivity index (χ1v) is 6.71. The minimum absolute atomic E-state index is 0.0934. The van der Waals surface area contributed by atoms with E-state index in [-0.39, 0.29) is 10.6 Å². The van der Waals surface area contributed by atoms with Crippen molar-refractivity contribution in [3.05, 3.63) is 16.3 Å². The molecule has 3 heterocycles. The van der Waals surface area contributed by atoms with Gasteiger partial charge in [-0.05, 0) is 25.7 Å². The maximum atomic E-state index is 11.1. The number of nitrogens with one attached hydrogen (secondary N) is 1. The molecule has 1 N–H and O–H groups in total. The van der Waals surface area contributed by atoms with Gasteiger partial charge in [-0.2, -0.15) is 0 Å². The van der Waals surface area contributed by atoms with E-state index in [4.69, 9.17) is 0 Å². The summed E-state index contributed by atoms with van der Waals surface area (Å²) in [5, 5.41) is 18.9. The van der Waals surface area contributed by atoms with E-state index in [0.717, 1.165) is 12.8 Å². The number of aryl methyl sites for hydroxylation is 1. The molecule has 0 aliphatic carbocycles. The van der Waals surface area contributed by atoms with Gasteiger partial charge >= 0.3 is 5.69 Å². The maximum Gasteiger partial charge on any atom is 0.330 e. The number of hydrogen-bond acceptors (Lipinski definition) is 5. The molecule has 2 unspecified atom stereocenters. The highest BCUT2D eigenvalue weighted by atomic mass is 16.6. The second-order valence-electron chi connectivity index (χ2n) is 5.64. The lowest BCUT2D eigenvalue weighted by molar-refractivity contribution is -0.384. The number of nitro groups is 1. The highest BCUT2D eigenvalue weighted by molar-refractivity contribution is 5.57. The van der Waals surface area contributed by atoms with Crippen LogP contribution in [0.25, 0.3) is 0 Å². The van der Waals surface area contributed by atoms with Crippen molar-refractivity contribution in [3.8, 4) is 0 Å². The molecule has 0 radical (unpaired) electrons. The van der Waals surface area contributed by atoms with Gasteiger partial charge in [0.05, 0.1) is 4.92 Å². The average Bonchev–Trinajstić information content (AvgIpc) is 2.91. The molecule has 3 rings (SSSR count). The van der Waals surface area contributed by atoms with Crippen molar-refractivity contribution in [2.24, 2.45) is 7.05 Å². The van der Waals surface area contributed by atoms with Crippen LogP contribution in [0.3, 0.4) is 0 Å². The van der Waals surface area contributed by atoms with Crippen LogP contribution in [0.1, 0.15) is 25.7 Å². The molecular formula is C12H19N5O2. The van der Waals surface area contributed by atoms with Gasteiger partial charge in [-0.3, -0.25) is 14.8 Å². The summed E-state index contributed by atoms with van der Waals surface area (Å²) >= 11 is 0. The molecule has 2 saturated heterocycles. The fourth-order valence-corrected chi connectivity index (χ4v) is 3.36. The maximum absolute atomic E-state index is 11.1. The van der Waals surface area contributed by atoms with Crippen molar-refractivity contribution in [2.75, 3.05) is 11.9 Å². The van der Waals surface area contributed by atoms with Gasteiger partial charge in [0.15, 0.2) is 0 Å². The van der Waals surface area contributed by atoms with Crippen LogP contribution in [-0.2, 0) is 7.05 Å². The van der Waals surface area contributed by atoms with Gasteiger partial charge in [-0.25, -0.2) is 0 Å². The van der Waals surface area contributed by atoms with Crippen LogP contribution in [0.4, 0.5) is 11.5 Å². The Kier molecular flexibility index (Phi) is 2.93. The Bertz CT molecular complexity index is 488. The van der Waals surface area contributed by atoms with E-state index in [1.54, 1.807) is 7.05 Å². The summed E-state index contributed by atoms with van der Waals surface area (Å²) in [5.74, 6) is 0.485. The van der Waals surface area contributed by atoms with Crippen LogP contribution in [0.2, 0.25) is 0 Å². The van der Waals surface area contributed by atoms with Crippen molar-refractivity contribution in [1.29, 1.82) is 0 Å². The molecule has 0 saturated carbocycles. The van der Waals surface area contributed by atoms with Gasteiger partial charge in [0.2, 0.25) is 5.82 Å². The number of hydrogen-bond donors (Lipinski definition) is 1. The molecule has 2 fully saturated rings. The van der Waals surface area contributed by atoms with Crippen molar-refractivity contribution in [1.82, 2.24) is 15.1 Å². The number of nitrogens with zero attached hydrogens (tertiary/aromatic N) is 4. The third kappa shape index (κ3) is 2.18. The quantitative estimate of drug-likeness (QED) is 0.653. The molecule has 0 aromatic carbocycles. The number of piperidine rings is 1. The first-order valence-electron chi connectivity index (χ1n) is 6.71. The van der Waals surface area contributed by atoms with Crippen LogP contribution in [0.15, 0.2) is 6.20 Å². The first-order chi connectivity index (χ1) is 9.04. The van der Waals surface area contributed by atoms with Crippen molar-refractivity contribution in [3.63, 3.8) is 0 Å². The molecule has 1 aromatic rings. The highest BCUT2D eigenvalue weighted by Gasteiger charge is 2.37. The van der Waals surface area contributed by atoms with E-state index in [0.29, 0.717) is 23.9 Å². The molecule has 0 spiro atoms. The fourth-order valence-electron chi connectivity index (χ4n) is 3.36. The van der Waals surface area contributed by atoms with Crippen LogP contribution in [0.5, 0.6) is 0 Å². The molecule has 2 atom stereocenters. The van der Waals surface area contributed by atoms with E-state index in [1.807, 2.05) is 11.9 Å². The summed E-state index contributed by atoms with van der Waals surface area (Å²) in [6.07, 6.45) is 6.00. The predicted octanol–water partition coefficient (Wildman–Crippen LogP) is 1.05. The number of aromatic nitrogens is 2. The third-order valence-corrected chi connectivity index (χ3v) is 4.32. The lowest BCUT2D eigenvalue weighted by atomic mass is 9.98. The molecule has 7 nitrogen and oxygen atoms in total. The van der Waals surface area contributed by atoms with E-state index < -0.39 is 0 Å². The largest absolute Gasteiger partial charge is 0.349 e. The molecule has 7 heteroatoms. The SMILES string of the molecule is CN(c1nn(C)cc1[N+](=O)[O-])C1CC2CCC(C1)N2. The monoisotopic (exact) mass is 265 g/mol. The minimum atomic E-state index is -0.353. The van der Waals surface area contributed by atoms with Gasteiger partial charge < -0.3 is 10.2 Å². The van der Waals surface area contributed by atoms with Crippen LogP contribution in [-0.4, -0.2) is 39.9 Å². The summed E-state index contributed by atoms with van der Waals surface area (Å²) in [4.78, 5) is 12.7. The molecule has 19 heavy (non-hydrogen) atoms. The number of anilines is 1. The zero-order chi connectivity index (χ0) is 13.6. The molecule has 0 amide bonds. The Labute approximate surface area is 111 Å². The van der Waals surface area contributed by atoms with E-state index in [1.165, 1.54) is 23.7 Å². The van der Waals surface area contributed by atoms with Crippen molar-refractivity contribution in [2.45, 2.75) is 43.8 Å². The van der Waals surface area contributed by atoms with Crippen LogP contribution in [0, 0.1) is 10.1 Å². The second-order valence-corrected chi connectivity index (χ2v) is 5.64. The molecular weight excluding hydrogens is 246 g/mol. The highest BCUT2D eigenvalue weighted by Crippen LogP contribution is 2.34. The van der Waals surface area contributed by atoms with Crippen molar-refractivity contribution < 1.29 is 4.92 Å². The van der Waals surface area contributed by atoms with E-state index >= 15 is 0 Å². The Hall–Kier alpha value is -1.63. The van der Waals surface area contributed by atoms with Crippen LogP contribution >= 0.6 is 0 Å². The molecule has 104 valence electrons. The molecule has 1 aromatic heterocycles. The topological polar surface area (TPSA) is 76.2 Å². The van der Waals surface area contributed by atoms with Gasteiger partial charge in [-0.15, -0.1) is 5.10 Å². The van der Waals surface area contributed by atoms with E-state index in [9.17, 15) is 10.1 Å². The summed E-state index contributed by atoms with van der Waals surface area (Å²) in [7, 11) is 3.64. The van der Waals surface area contributed by atoms with Gasteiger partial charge in [0.1, 0.15) is 6.20 Å². The van der Waals surface area contributed by atoms with Crippen LogP contribution < -0.4 is 10.2 Å². The van der Waals surface area contributed by atoms with Gasteiger partial charge in [0, 0.05) is 32.2 Å². The Morgan fingerprint density at radius 3 is 2.68 bits per heavy atom. The zero-order valence-corrected chi connectivity index (χ0v) is 11.2. The zero-order valence-electron chi connectivity index (χ0n) is 11.2. The lowest BCUT2D eigenvalue weighted by Gasteiger charge is -2.35. The molecule has 2 bridgehead atoms. The number of rotatable bonds is 3. The second kappa shape index (κ2) is 4.48.